The Morgan fingerprint density at radius 1 is 1.12 bits per heavy atom. The van der Waals surface area contributed by atoms with Crippen LogP contribution in [0.15, 0.2) is 46.9 Å². The van der Waals surface area contributed by atoms with E-state index in [4.69, 9.17) is 16.0 Å². The first-order valence-corrected chi connectivity index (χ1v) is 9.40. The summed E-state index contributed by atoms with van der Waals surface area (Å²) in [7, 11) is 0. The van der Waals surface area contributed by atoms with Crippen LogP contribution in [0.4, 0.5) is 0 Å². The molecule has 2 atom stereocenters. The van der Waals surface area contributed by atoms with Crippen LogP contribution in [0.25, 0.3) is 22.6 Å². The largest absolute Gasteiger partial charge is 0.436 e. The van der Waals surface area contributed by atoms with Crippen molar-refractivity contribution in [2.75, 3.05) is 0 Å². The first kappa shape index (κ1) is 16.6. The molecule has 1 aliphatic heterocycles. The van der Waals surface area contributed by atoms with Crippen LogP contribution in [0.1, 0.15) is 38.7 Å². The number of hydrogen-bond acceptors (Lipinski definition) is 3. The Hall–Kier alpha value is -1.84. The number of hydrogen-bond donors (Lipinski definition) is 0. The molecule has 1 saturated heterocycles. The van der Waals surface area contributed by atoms with Gasteiger partial charge in [0.2, 0.25) is 5.89 Å². The Morgan fingerprint density at radius 3 is 2.64 bits per heavy atom. The molecule has 3 aromatic rings. The number of fused-ring (bicyclic) bond motifs is 1. The molecule has 1 aliphatic rings. The van der Waals surface area contributed by atoms with Gasteiger partial charge in [-0.2, -0.15) is 0 Å². The Kier molecular flexibility index (Phi) is 4.53. The fourth-order valence-corrected chi connectivity index (χ4v) is 4.04. The summed E-state index contributed by atoms with van der Waals surface area (Å²) < 4.78 is 5.91. The molecule has 4 heteroatoms. The van der Waals surface area contributed by atoms with E-state index in [-0.39, 0.29) is 0 Å². The molecule has 0 saturated carbocycles. The average Bonchev–Trinajstić information content (AvgIpc) is 3.01. The summed E-state index contributed by atoms with van der Waals surface area (Å²) in [6.45, 7) is 5.63. The highest BCUT2D eigenvalue weighted by Crippen LogP contribution is 2.31. The average molecular weight is 355 g/mol. The van der Waals surface area contributed by atoms with Crippen molar-refractivity contribution in [1.29, 1.82) is 0 Å². The quantitative estimate of drug-likeness (QED) is 0.585. The van der Waals surface area contributed by atoms with Gasteiger partial charge in [-0.15, -0.1) is 0 Å². The third-order valence-corrected chi connectivity index (χ3v) is 5.63. The normalized spacial score (nSPS) is 21.7. The summed E-state index contributed by atoms with van der Waals surface area (Å²) in [5.74, 6) is 0.581. The van der Waals surface area contributed by atoms with E-state index in [0.29, 0.717) is 23.0 Å². The topological polar surface area (TPSA) is 29.3 Å². The predicted molar refractivity (Wildman–Crippen MR) is 103 cm³/mol. The molecule has 0 unspecified atom stereocenters. The summed E-state index contributed by atoms with van der Waals surface area (Å²) in [5, 5.41) is 0.658. The Balaban J connectivity index is 1.63. The highest BCUT2D eigenvalue weighted by Gasteiger charge is 2.24. The van der Waals surface area contributed by atoms with E-state index in [1.165, 1.54) is 24.8 Å². The SMILES string of the molecule is C[C@@H]1CCC[C@@H](C)N1Cc1ccc2oc(-c3ccccc3Cl)nc2c1. The smallest absolute Gasteiger partial charge is 0.228 e. The van der Waals surface area contributed by atoms with E-state index >= 15 is 0 Å². The van der Waals surface area contributed by atoms with Crippen LogP contribution in [-0.4, -0.2) is 22.0 Å². The number of piperidine rings is 1. The van der Waals surface area contributed by atoms with Crippen LogP contribution < -0.4 is 0 Å². The molecule has 25 heavy (non-hydrogen) atoms. The number of nitrogens with zero attached hydrogens (tertiary/aromatic N) is 2. The minimum atomic E-state index is 0.581. The highest BCUT2D eigenvalue weighted by atomic mass is 35.5. The van der Waals surface area contributed by atoms with Crippen molar-refractivity contribution in [3.05, 3.63) is 53.1 Å². The Labute approximate surface area is 153 Å². The first-order chi connectivity index (χ1) is 12.1. The maximum Gasteiger partial charge on any atom is 0.228 e. The number of aromatic nitrogens is 1. The molecule has 2 heterocycles. The molecule has 2 aromatic carbocycles. The maximum atomic E-state index is 6.27. The summed E-state index contributed by atoms with van der Waals surface area (Å²) in [6.07, 6.45) is 3.91. The van der Waals surface area contributed by atoms with Gasteiger partial charge in [0.15, 0.2) is 5.58 Å². The second kappa shape index (κ2) is 6.81. The standard InChI is InChI=1S/C21H23ClN2O/c1-14-6-5-7-15(2)24(14)13-16-10-11-20-19(12-16)23-21(25-20)17-8-3-4-9-18(17)22/h3-4,8-12,14-15H,5-7,13H2,1-2H3/t14-,15-/m1/s1. The molecular formula is C21H23ClN2O. The van der Waals surface area contributed by atoms with E-state index in [1.807, 2.05) is 30.3 Å². The number of benzene rings is 2. The number of likely N-dealkylation sites (tertiary alicyclic amines) is 1. The van der Waals surface area contributed by atoms with Crippen LogP contribution in [0.2, 0.25) is 5.02 Å². The molecule has 0 radical (unpaired) electrons. The van der Waals surface area contributed by atoms with Crippen molar-refractivity contribution < 1.29 is 4.42 Å². The lowest BCUT2D eigenvalue weighted by atomic mass is 9.97. The van der Waals surface area contributed by atoms with Crippen molar-refractivity contribution in [2.45, 2.75) is 51.7 Å². The van der Waals surface area contributed by atoms with Gasteiger partial charge in [-0.05, 0) is 56.5 Å². The third kappa shape index (κ3) is 3.31. The molecule has 130 valence electrons. The van der Waals surface area contributed by atoms with Crippen molar-refractivity contribution in [3.8, 4) is 11.5 Å². The van der Waals surface area contributed by atoms with E-state index in [9.17, 15) is 0 Å². The van der Waals surface area contributed by atoms with Gasteiger partial charge in [-0.3, -0.25) is 4.90 Å². The Bertz CT molecular complexity index is 878. The molecule has 3 nitrogen and oxygen atoms in total. The van der Waals surface area contributed by atoms with Gasteiger partial charge in [0, 0.05) is 18.6 Å². The van der Waals surface area contributed by atoms with Crippen molar-refractivity contribution in [3.63, 3.8) is 0 Å². The zero-order valence-corrected chi connectivity index (χ0v) is 15.5. The predicted octanol–water partition coefficient (Wildman–Crippen LogP) is 5.91. The van der Waals surface area contributed by atoms with Gasteiger partial charge in [-0.1, -0.05) is 36.2 Å². The zero-order valence-electron chi connectivity index (χ0n) is 14.7. The number of rotatable bonds is 3. The molecule has 0 spiro atoms. The monoisotopic (exact) mass is 354 g/mol. The fourth-order valence-electron chi connectivity index (χ4n) is 3.82. The lowest BCUT2D eigenvalue weighted by molar-refractivity contribution is 0.0953. The summed E-state index contributed by atoms with van der Waals surface area (Å²) >= 11 is 6.27. The van der Waals surface area contributed by atoms with E-state index in [0.717, 1.165) is 23.2 Å². The lowest BCUT2D eigenvalue weighted by Crippen LogP contribution is -2.42. The second-order valence-corrected chi connectivity index (χ2v) is 7.51. The van der Waals surface area contributed by atoms with E-state index in [1.54, 1.807) is 0 Å². The number of halogens is 1. The van der Waals surface area contributed by atoms with Gasteiger partial charge in [-0.25, -0.2) is 4.98 Å². The second-order valence-electron chi connectivity index (χ2n) is 7.10. The molecule has 4 rings (SSSR count). The van der Waals surface area contributed by atoms with Crippen LogP contribution in [0.3, 0.4) is 0 Å². The van der Waals surface area contributed by atoms with Crippen molar-refractivity contribution in [2.24, 2.45) is 0 Å². The molecule has 0 amide bonds. The van der Waals surface area contributed by atoms with E-state index < -0.39 is 0 Å². The highest BCUT2D eigenvalue weighted by molar-refractivity contribution is 6.33. The third-order valence-electron chi connectivity index (χ3n) is 5.30. The minimum Gasteiger partial charge on any atom is -0.436 e. The van der Waals surface area contributed by atoms with Crippen LogP contribution >= 0.6 is 11.6 Å². The summed E-state index contributed by atoms with van der Waals surface area (Å²) in [5.41, 5.74) is 3.82. The molecule has 0 aliphatic carbocycles. The first-order valence-electron chi connectivity index (χ1n) is 9.02. The summed E-state index contributed by atoms with van der Waals surface area (Å²) in [4.78, 5) is 7.26. The number of oxazole rings is 1. The van der Waals surface area contributed by atoms with Crippen LogP contribution in [0.5, 0.6) is 0 Å². The van der Waals surface area contributed by atoms with Crippen molar-refractivity contribution >= 4 is 22.7 Å². The lowest BCUT2D eigenvalue weighted by Gasteiger charge is -2.39. The summed E-state index contributed by atoms with van der Waals surface area (Å²) in [6, 6.07) is 15.2. The fraction of sp³-hybridized carbons (Fsp3) is 0.381. The molecule has 0 N–H and O–H groups in total. The Morgan fingerprint density at radius 2 is 1.88 bits per heavy atom. The minimum absolute atomic E-state index is 0.581. The van der Waals surface area contributed by atoms with Crippen molar-refractivity contribution in [1.82, 2.24) is 9.88 Å². The molecular weight excluding hydrogens is 332 g/mol. The van der Waals surface area contributed by atoms with Gasteiger partial charge < -0.3 is 4.42 Å². The van der Waals surface area contributed by atoms with E-state index in [2.05, 4.69) is 35.9 Å². The van der Waals surface area contributed by atoms with Crippen LogP contribution in [-0.2, 0) is 6.54 Å². The van der Waals surface area contributed by atoms with Gasteiger partial charge in [0.1, 0.15) is 5.52 Å². The molecule has 1 aromatic heterocycles. The maximum absolute atomic E-state index is 6.27. The van der Waals surface area contributed by atoms with Gasteiger partial charge in [0.05, 0.1) is 10.6 Å². The molecule has 0 bridgehead atoms. The van der Waals surface area contributed by atoms with Gasteiger partial charge >= 0.3 is 0 Å². The molecule has 1 fully saturated rings. The van der Waals surface area contributed by atoms with Crippen LogP contribution in [0, 0.1) is 0 Å². The zero-order chi connectivity index (χ0) is 17.4. The van der Waals surface area contributed by atoms with Gasteiger partial charge in [0.25, 0.3) is 0 Å².